The number of piperidine rings is 1. The third-order valence-electron chi connectivity index (χ3n) is 2.75. The van der Waals surface area contributed by atoms with Crippen molar-refractivity contribution in [2.24, 2.45) is 0 Å². The fraction of sp³-hybridized carbons (Fsp3) is 0.800. The first-order valence-corrected chi connectivity index (χ1v) is 5.51. The molecule has 2 amide bonds. The summed E-state index contributed by atoms with van der Waals surface area (Å²) in [6, 6.07) is -0.319. The fourth-order valence-electron chi connectivity index (χ4n) is 1.63. The first-order valence-electron chi connectivity index (χ1n) is 5.51. The molecule has 0 aromatic rings. The number of hydrogen-bond donors (Lipinski definition) is 3. The molecule has 3 N–H and O–H groups in total. The standard InChI is InChI=1S/C10H18N2O5/c1-17-8(9(14)15)6-11-10(16)12-4-2-7(13)3-5-12/h7-8,13H,2-6H2,1H3,(H,11,16)(H,14,15). The molecule has 0 aromatic heterocycles. The minimum Gasteiger partial charge on any atom is -0.479 e. The zero-order chi connectivity index (χ0) is 12.8. The normalized spacial score (nSPS) is 18.8. The van der Waals surface area contributed by atoms with E-state index in [2.05, 4.69) is 5.32 Å². The van der Waals surface area contributed by atoms with Crippen LogP contribution in [0.3, 0.4) is 0 Å². The van der Waals surface area contributed by atoms with Crippen LogP contribution in [0, 0.1) is 0 Å². The third kappa shape index (κ3) is 4.20. The number of likely N-dealkylation sites (tertiary alicyclic amines) is 1. The minimum absolute atomic E-state index is 0.0658. The van der Waals surface area contributed by atoms with Crippen molar-refractivity contribution in [2.75, 3.05) is 26.7 Å². The van der Waals surface area contributed by atoms with Gasteiger partial charge in [0.2, 0.25) is 0 Å². The molecule has 0 saturated carbocycles. The van der Waals surface area contributed by atoms with E-state index in [0.717, 1.165) is 0 Å². The van der Waals surface area contributed by atoms with E-state index < -0.39 is 12.1 Å². The van der Waals surface area contributed by atoms with Crippen molar-refractivity contribution in [3.63, 3.8) is 0 Å². The number of ether oxygens (including phenoxy) is 1. The Morgan fingerprint density at radius 3 is 2.53 bits per heavy atom. The molecular formula is C10H18N2O5. The summed E-state index contributed by atoms with van der Waals surface area (Å²) in [6.45, 7) is 0.902. The summed E-state index contributed by atoms with van der Waals surface area (Å²) in [5.41, 5.74) is 0. The number of aliphatic hydroxyl groups is 1. The highest BCUT2D eigenvalue weighted by Crippen LogP contribution is 2.09. The predicted molar refractivity (Wildman–Crippen MR) is 58.6 cm³/mol. The molecule has 1 aliphatic heterocycles. The van der Waals surface area contributed by atoms with Crippen LogP contribution in [-0.2, 0) is 9.53 Å². The highest BCUT2D eigenvalue weighted by atomic mass is 16.5. The van der Waals surface area contributed by atoms with E-state index in [1.54, 1.807) is 4.90 Å². The Morgan fingerprint density at radius 1 is 1.47 bits per heavy atom. The summed E-state index contributed by atoms with van der Waals surface area (Å²) in [4.78, 5) is 23.8. The third-order valence-corrected chi connectivity index (χ3v) is 2.75. The number of carboxylic acid groups (broad SMARTS) is 1. The number of carbonyl (C=O) groups is 2. The molecule has 1 unspecified atom stereocenters. The van der Waals surface area contributed by atoms with Crippen LogP contribution in [0.5, 0.6) is 0 Å². The zero-order valence-electron chi connectivity index (χ0n) is 9.76. The van der Waals surface area contributed by atoms with Gasteiger partial charge in [-0.15, -0.1) is 0 Å². The maximum atomic E-state index is 11.6. The van der Waals surface area contributed by atoms with Crippen LogP contribution in [0.4, 0.5) is 4.79 Å². The average Bonchev–Trinajstić information content (AvgIpc) is 2.30. The summed E-state index contributed by atoms with van der Waals surface area (Å²) in [5.74, 6) is -1.11. The van der Waals surface area contributed by atoms with Crippen molar-refractivity contribution in [1.29, 1.82) is 0 Å². The highest BCUT2D eigenvalue weighted by molar-refractivity contribution is 5.77. The number of rotatable bonds is 4. The second-order valence-corrected chi connectivity index (χ2v) is 3.97. The molecule has 0 aromatic carbocycles. The van der Waals surface area contributed by atoms with Gasteiger partial charge in [0.25, 0.3) is 0 Å². The number of nitrogens with zero attached hydrogens (tertiary/aromatic N) is 1. The Morgan fingerprint density at radius 2 is 2.06 bits per heavy atom. The smallest absolute Gasteiger partial charge is 0.334 e. The summed E-state index contributed by atoms with van der Waals surface area (Å²) in [7, 11) is 1.28. The topological polar surface area (TPSA) is 99.1 Å². The van der Waals surface area contributed by atoms with E-state index in [1.807, 2.05) is 0 Å². The molecule has 7 heteroatoms. The molecule has 0 radical (unpaired) electrons. The average molecular weight is 246 g/mol. The molecule has 7 nitrogen and oxygen atoms in total. The van der Waals surface area contributed by atoms with Crippen LogP contribution in [0.1, 0.15) is 12.8 Å². The SMILES string of the molecule is COC(CNC(=O)N1CCC(O)CC1)C(=O)O. The number of urea groups is 1. The molecule has 1 rings (SSSR count). The van der Waals surface area contributed by atoms with Crippen molar-refractivity contribution in [2.45, 2.75) is 25.0 Å². The van der Waals surface area contributed by atoms with E-state index in [-0.39, 0.29) is 18.7 Å². The van der Waals surface area contributed by atoms with Gasteiger partial charge in [0.1, 0.15) is 0 Å². The highest BCUT2D eigenvalue weighted by Gasteiger charge is 2.23. The maximum absolute atomic E-state index is 11.6. The van der Waals surface area contributed by atoms with E-state index >= 15 is 0 Å². The number of hydrogen-bond acceptors (Lipinski definition) is 4. The lowest BCUT2D eigenvalue weighted by Crippen LogP contribution is -2.48. The molecule has 0 bridgehead atoms. The maximum Gasteiger partial charge on any atom is 0.334 e. The predicted octanol–water partition coefficient (Wildman–Crippen LogP) is -0.748. The van der Waals surface area contributed by atoms with E-state index in [1.165, 1.54) is 7.11 Å². The first-order chi connectivity index (χ1) is 8.04. The molecule has 1 fully saturated rings. The second-order valence-electron chi connectivity index (χ2n) is 3.97. The number of amides is 2. The molecule has 0 aliphatic carbocycles. The van der Waals surface area contributed by atoms with Gasteiger partial charge in [-0.2, -0.15) is 0 Å². The number of carbonyl (C=O) groups excluding carboxylic acids is 1. The molecular weight excluding hydrogens is 228 g/mol. The summed E-state index contributed by atoms with van der Waals surface area (Å²) in [6.07, 6.45) is -0.265. The molecule has 1 aliphatic rings. The van der Waals surface area contributed by atoms with E-state index in [9.17, 15) is 14.7 Å². The van der Waals surface area contributed by atoms with Gasteiger partial charge >= 0.3 is 12.0 Å². The van der Waals surface area contributed by atoms with E-state index in [0.29, 0.717) is 25.9 Å². The molecule has 17 heavy (non-hydrogen) atoms. The molecule has 98 valence electrons. The van der Waals surface area contributed by atoms with Crippen molar-refractivity contribution in [3.8, 4) is 0 Å². The van der Waals surface area contributed by atoms with Gasteiger partial charge in [-0.25, -0.2) is 9.59 Å². The van der Waals surface area contributed by atoms with Gasteiger partial charge in [-0.1, -0.05) is 0 Å². The summed E-state index contributed by atoms with van der Waals surface area (Å²) >= 11 is 0. The Labute approximate surface area is 99.4 Å². The monoisotopic (exact) mass is 246 g/mol. The Balaban J connectivity index is 2.31. The van der Waals surface area contributed by atoms with Crippen LogP contribution < -0.4 is 5.32 Å². The van der Waals surface area contributed by atoms with Gasteiger partial charge < -0.3 is 25.2 Å². The Bertz CT molecular complexity index is 276. The Hall–Kier alpha value is -1.34. The number of aliphatic hydroxyl groups excluding tert-OH is 1. The number of methoxy groups -OCH3 is 1. The zero-order valence-corrected chi connectivity index (χ0v) is 9.76. The van der Waals surface area contributed by atoms with Gasteiger partial charge in [0, 0.05) is 20.2 Å². The van der Waals surface area contributed by atoms with Gasteiger partial charge in [-0.05, 0) is 12.8 Å². The van der Waals surface area contributed by atoms with Crippen LogP contribution in [-0.4, -0.2) is 66.1 Å². The van der Waals surface area contributed by atoms with Crippen molar-refractivity contribution >= 4 is 12.0 Å². The molecule has 1 heterocycles. The largest absolute Gasteiger partial charge is 0.479 e. The fourth-order valence-corrected chi connectivity index (χ4v) is 1.63. The van der Waals surface area contributed by atoms with Crippen molar-refractivity contribution in [3.05, 3.63) is 0 Å². The quantitative estimate of drug-likeness (QED) is 0.606. The van der Waals surface area contributed by atoms with Gasteiger partial charge in [-0.3, -0.25) is 0 Å². The minimum atomic E-state index is -1.11. The lowest BCUT2D eigenvalue weighted by molar-refractivity contribution is -0.148. The summed E-state index contributed by atoms with van der Waals surface area (Å²) < 4.78 is 4.69. The molecule has 1 atom stereocenters. The number of nitrogens with one attached hydrogen (secondary N) is 1. The first kappa shape index (κ1) is 13.7. The van der Waals surface area contributed by atoms with Gasteiger partial charge in [0.05, 0.1) is 12.6 Å². The van der Waals surface area contributed by atoms with Crippen LogP contribution in [0.15, 0.2) is 0 Å². The lowest BCUT2D eigenvalue weighted by Gasteiger charge is -2.29. The number of aliphatic carboxylic acids is 1. The molecule has 0 spiro atoms. The van der Waals surface area contributed by atoms with Crippen molar-refractivity contribution < 1.29 is 24.5 Å². The lowest BCUT2D eigenvalue weighted by atomic mass is 10.1. The van der Waals surface area contributed by atoms with Crippen LogP contribution in [0.2, 0.25) is 0 Å². The second kappa shape index (κ2) is 6.41. The summed E-state index contributed by atoms with van der Waals surface area (Å²) in [5, 5.41) is 20.5. The van der Waals surface area contributed by atoms with Crippen LogP contribution in [0.25, 0.3) is 0 Å². The van der Waals surface area contributed by atoms with E-state index in [4.69, 9.17) is 9.84 Å². The number of carboxylic acids is 1. The Kier molecular flexibility index (Phi) is 5.17. The molecule has 1 saturated heterocycles. The van der Waals surface area contributed by atoms with Crippen molar-refractivity contribution in [1.82, 2.24) is 10.2 Å². The van der Waals surface area contributed by atoms with Crippen LogP contribution >= 0.6 is 0 Å². The van der Waals surface area contributed by atoms with Gasteiger partial charge in [0.15, 0.2) is 6.10 Å².